The number of carbonyl (C=O) groups is 1. The molecule has 128 valence electrons. The lowest BCUT2D eigenvalue weighted by Gasteiger charge is -2.10. The summed E-state index contributed by atoms with van der Waals surface area (Å²) < 4.78 is 0. The van der Waals surface area contributed by atoms with Gasteiger partial charge < -0.3 is 0 Å². The summed E-state index contributed by atoms with van der Waals surface area (Å²) in [6.07, 6.45) is 0. The van der Waals surface area contributed by atoms with Crippen molar-refractivity contribution in [3.8, 4) is 10.6 Å². The van der Waals surface area contributed by atoms with Crippen molar-refractivity contribution in [1.29, 1.82) is 0 Å². The first-order chi connectivity index (χ1) is 12.0. The summed E-state index contributed by atoms with van der Waals surface area (Å²) in [5, 5.41) is 12.8. The predicted octanol–water partition coefficient (Wildman–Crippen LogP) is 5.29. The first kappa shape index (κ1) is 17.9. The predicted molar refractivity (Wildman–Crippen MR) is 105 cm³/mol. The molecule has 0 bridgehead atoms. The summed E-state index contributed by atoms with van der Waals surface area (Å²) in [4.78, 5) is 13.3. The fourth-order valence-electron chi connectivity index (χ4n) is 2.06. The standard InChI is InChI=1S/C18H16ClN3OS2/c1-11-3-5-13(6-4-11)17-21-22-18(25-17)20-16(23)12(2)24-15-9-7-14(19)8-10-15/h3-10,12H,1-2H3,(H,20,22,23)/t12-/m0/s1. The summed E-state index contributed by atoms with van der Waals surface area (Å²) in [5.41, 5.74) is 2.18. The highest BCUT2D eigenvalue weighted by Crippen LogP contribution is 2.28. The summed E-state index contributed by atoms with van der Waals surface area (Å²) in [6.45, 7) is 3.89. The van der Waals surface area contributed by atoms with Gasteiger partial charge in [0, 0.05) is 15.5 Å². The molecule has 3 rings (SSSR count). The number of amides is 1. The third-order valence-corrected chi connectivity index (χ3v) is 5.70. The second-order valence-corrected chi connectivity index (χ2v) is 8.31. The number of halogens is 1. The Bertz CT molecular complexity index is 863. The molecule has 1 N–H and O–H groups in total. The number of carbonyl (C=O) groups excluding carboxylic acids is 1. The third-order valence-electron chi connectivity index (χ3n) is 3.45. The number of benzene rings is 2. The molecule has 0 saturated heterocycles. The average Bonchev–Trinajstić information content (AvgIpc) is 3.06. The van der Waals surface area contributed by atoms with E-state index in [9.17, 15) is 4.79 Å². The van der Waals surface area contributed by atoms with Gasteiger partial charge in [0.05, 0.1) is 5.25 Å². The molecule has 2 aromatic carbocycles. The van der Waals surface area contributed by atoms with Crippen molar-refractivity contribution in [2.75, 3.05) is 5.32 Å². The number of thioether (sulfide) groups is 1. The maximum Gasteiger partial charge on any atom is 0.239 e. The van der Waals surface area contributed by atoms with E-state index in [1.54, 1.807) is 0 Å². The molecule has 1 atom stereocenters. The molecule has 0 spiro atoms. The Morgan fingerprint density at radius 3 is 2.48 bits per heavy atom. The molecule has 0 unspecified atom stereocenters. The molecule has 0 aliphatic carbocycles. The SMILES string of the molecule is Cc1ccc(-c2nnc(NC(=O)[C@H](C)Sc3ccc(Cl)cc3)s2)cc1. The maximum absolute atomic E-state index is 12.4. The molecule has 1 amide bonds. The van der Waals surface area contributed by atoms with Gasteiger partial charge in [0.2, 0.25) is 11.0 Å². The van der Waals surface area contributed by atoms with Crippen LogP contribution in [-0.2, 0) is 4.79 Å². The zero-order valence-electron chi connectivity index (χ0n) is 13.7. The van der Waals surface area contributed by atoms with Gasteiger partial charge >= 0.3 is 0 Å². The van der Waals surface area contributed by atoms with Crippen LogP contribution in [0.1, 0.15) is 12.5 Å². The summed E-state index contributed by atoms with van der Waals surface area (Å²) >= 11 is 8.71. The second-order valence-electron chi connectivity index (χ2n) is 5.48. The zero-order valence-corrected chi connectivity index (χ0v) is 16.1. The molecule has 1 aromatic heterocycles. The average molecular weight is 390 g/mol. The van der Waals surface area contributed by atoms with Gasteiger partial charge in [-0.05, 0) is 38.1 Å². The Hall–Kier alpha value is -1.89. The minimum Gasteiger partial charge on any atom is -0.300 e. The molecule has 0 fully saturated rings. The van der Waals surface area contributed by atoms with Gasteiger partial charge in [0.25, 0.3) is 0 Å². The largest absolute Gasteiger partial charge is 0.300 e. The van der Waals surface area contributed by atoms with Crippen LogP contribution in [0.15, 0.2) is 53.4 Å². The lowest BCUT2D eigenvalue weighted by molar-refractivity contribution is -0.115. The van der Waals surface area contributed by atoms with Crippen molar-refractivity contribution in [3.63, 3.8) is 0 Å². The fraction of sp³-hybridized carbons (Fsp3) is 0.167. The number of rotatable bonds is 5. The van der Waals surface area contributed by atoms with Crippen molar-refractivity contribution in [3.05, 3.63) is 59.1 Å². The van der Waals surface area contributed by atoms with Gasteiger partial charge in [-0.1, -0.05) is 52.8 Å². The summed E-state index contributed by atoms with van der Waals surface area (Å²) in [6, 6.07) is 15.5. The van der Waals surface area contributed by atoms with Crippen LogP contribution in [0.3, 0.4) is 0 Å². The summed E-state index contributed by atoms with van der Waals surface area (Å²) in [5.74, 6) is -0.105. The lowest BCUT2D eigenvalue weighted by Crippen LogP contribution is -2.22. The minimum atomic E-state index is -0.257. The smallest absolute Gasteiger partial charge is 0.239 e. The number of nitrogens with zero attached hydrogens (tertiary/aromatic N) is 2. The number of aromatic nitrogens is 2. The third kappa shape index (κ3) is 4.81. The summed E-state index contributed by atoms with van der Waals surface area (Å²) in [7, 11) is 0. The molecular formula is C18H16ClN3OS2. The van der Waals surface area contributed by atoms with Gasteiger partial charge in [0.1, 0.15) is 5.01 Å². The van der Waals surface area contributed by atoms with E-state index in [0.29, 0.717) is 10.2 Å². The van der Waals surface area contributed by atoms with Crippen molar-refractivity contribution in [2.45, 2.75) is 24.0 Å². The van der Waals surface area contributed by atoms with Gasteiger partial charge in [0.15, 0.2) is 0 Å². The first-order valence-electron chi connectivity index (χ1n) is 7.65. The number of anilines is 1. The normalized spacial score (nSPS) is 12.0. The van der Waals surface area contributed by atoms with E-state index in [1.807, 2.05) is 62.4 Å². The van der Waals surface area contributed by atoms with Crippen LogP contribution < -0.4 is 5.32 Å². The van der Waals surface area contributed by atoms with Crippen LogP contribution >= 0.6 is 34.7 Å². The maximum atomic E-state index is 12.4. The van der Waals surface area contributed by atoms with Gasteiger partial charge in [-0.3, -0.25) is 10.1 Å². The molecule has 0 saturated carbocycles. The highest BCUT2D eigenvalue weighted by atomic mass is 35.5. The molecule has 1 heterocycles. The first-order valence-corrected chi connectivity index (χ1v) is 9.72. The van der Waals surface area contributed by atoms with Crippen molar-refractivity contribution >= 4 is 45.7 Å². The Labute approximate surface area is 159 Å². The molecule has 3 aromatic rings. The van der Waals surface area contributed by atoms with E-state index in [2.05, 4.69) is 15.5 Å². The zero-order chi connectivity index (χ0) is 17.8. The molecule has 0 aliphatic rings. The molecule has 0 radical (unpaired) electrons. The molecule has 0 aliphatic heterocycles. The van der Waals surface area contributed by atoms with Crippen LogP contribution in [0.2, 0.25) is 5.02 Å². The highest BCUT2D eigenvalue weighted by molar-refractivity contribution is 8.00. The molecule has 25 heavy (non-hydrogen) atoms. The number of aryl methyl sites for hydroxylation is 1. The van der Waals surface area contributed by atoms with E-state index in [0.717, 1.165) is 15.5 Å². The number of hydrogen-bond acceptors (Lipinski definition) is 5. The van der Waals surface area contributed by atoms with Crippen LogP contribution in [0.4, 0.5) is 5.13 Å². The quantitative estimate of drug-likeness (QED) is 0.602. The monoisotopic (exact) mass is 389 g/mol. The Kier molecular flexibility index (Phi) is 5.73. The second kappa shape index (κ2) is 7.99. The van der Waals surface area contributed by atoms with Gasteiger partial charge in [-0.15, -0.1) is 22.0 Å². The van der Waals surface area contributed by atoms with Gasteiger partial charge in [-0.25, -0.2) is 0 Å². The Morgan fingerprint density at radius 2 is 1.80 bits per heavy atom. The topological polar surface area (TPSA) is 54.9 Å². The van der Waals surface area contributed by atoms with Crippen molar-refractivity contribution in [1.82, 2.24) is 10.2 Å². The molecule has 7 heteroatoms. The molecular weight excluding hydrogens is 374 g/mol. The van der Waals surface area contributed by atoms with E-state index < -0.39 is 0 Å². The van der Waals surface area contributed by atoms with E-state index >= 15 is 0 Å². The van der Waals surface area contributed by atoms with Crippen LogP contribution in [0, 0.1) is 6.92 Å². The lowest BCUT2D eigenvalue weighted by atomic mass is 10.2. The number of nitrogens with one attached hydrogen (secondary N) is 1. The Balaban J connectivity index is 1.62. The van der Waals surface area contributed by atoms with Crippen LogP contribution in [0.25, 0.3) is 10.6 Å². The van der Waals surface area contributed by atoms with Crippen LogP contribution in [-0.4, -0.2) is 21.4 Å². The van der Waals surface area contributed by atoms with Crippen molar-refractivity contribution < 1.29 is 4.79 Å². The fourth-order valence-corrected chi connectivity index (χ4v) is 3.81. The van der Waals surface area contributed by atoms with Crippen LogP contribution in [0.5, 0.6) is 0 Å². The minimum absolute atomic E-state index is 0.105. The molecule has 4 nitrogen and oxygen atoms in total. The number of hydrogen-bond donors (Lipinski definition) is 1. The van der Waals surface area contributed by atoms with Crippen molar-refractivity contribution in [2.24, 2.45) is 0 Å². The van der Waals surface area contributed by atoms with E-state index in [1.165, 1.54) is 28.7 Å². The van der Waals surface area contributed by atoms with E-state index in [4.69, 9.17) is 11.6 Å². The Morgan fingerprint density at radius 1 is 1.12 bits per heavy atom. The van der Waals surface area contributed by atoms with Gasteiger partial charge in [-0.2, -0.15) is 0 Å². The van der Waals surface area contributed by atoms with E-state index in [-0.39, 0.29) is 11.2 Å². The highest BCUT2D eigenvalue weighted by Gasteiger charge is 2.17.